The highest BCUT2D eigenvalue weighted by atomic mass is 16.8. The zero-order valence-corrected chi connectivity index (χ0v) is 49.7. The molecule has 6 fully saturated rings. The van der Waals surface area contributed by atoms with E-state index in [1.54, 1.807) is 20.8 Å². The predicted molar refractivity (Wildman–Crippen MR) is 295 cm³/mol. The second kappa shape index (κ2) is 33.7. The number of ketones is 1. The lowest BCUT2D eigenvalue weighted by atomic mass is 10.0. The molecule has 6 rings (SSSR count). The smallest absolute Gasteiger partial charge is 0.305 e. The van der Waals surface area contributed by atoms with Gasteiger partial charge in [-0.1, -0.05) is 59.3 Å². The molecular weight excluding hydrogens is 1030 g/mol. The molecule has 79 heavy (non-hydrogen) atoms. The minimum absolute atomic E-state index is 0. The van der Waals surface area contributed by atoms with Crippen molar-refractivity contribution in [2.45, 2.75) is 290 Å². The van der Waals surface area contributed by atoms with Gasteiger partial charge in [-0.2, -0.15) is 0 Å². The maximum atomic E-state index is 12.6. The predicted octanol–water partition coefficient (Wildman–Crippen LogP) is 7.95. The number of carbonyl (C=O) groups excluding carboxylic acids is 4. The quantitative estimate of drug-likeness (QED) is 0.0455. The Bertz CT molecular complexity index is 1770. The van der Waals surface area contributed by atoms with Crippen LogP contribution in [0.4, 0.5) is 0 Å². The molecule has 0 spiro atoms. The summed E-state index contributed by atoms with van der Waals surface area (Å²) in [4.78, 5) is 48.3. The molecule has 0 radical (unpaired) electrons. The summed E-state index contributed by atoms with van der Waals surface area (Å²) in [6, 6.07) is 0. The third-order valence-electron chi connectivity index (χ3n) is 14.2. The maximum Gasteiger partial charge on any atom is 0.305 e. The van der Waals surface area contributed by atoms with Crippen LogP contribution in [-0.4, -0.2) is 166 Å². The summed E-state index contributed by atoms with van der Waals surface area (Å²) in [5.41, 5.74) is 10.6. The maximum absolute atomic E-state index is 12.6. The highest BCUT2D eigenvalue weighted by Gasteiger charge is 2.58. The SMILES string of the molecule is C.CCCCCCCCNC(=O)CCC1(CCC(C)=O)OC[C@H]([C@H]2OC(C)(C)O[C@@H]2[C@@H]2COC(C)(C)O2)O1.CCOC(=O)CCC1(CCC(=O)OCC)OC[C@H]([C@H]2OC(C)(C)O[C@@H]2[C@@H]2COC(C)(C)O2)O1.NCCCCCCN. The topological polar surface area (TPSA) is 262 Å². The molecule has 0 bridgehead atoms. The molecule has 0 aliphatic carbocycles. The van der Waals surface area contributed by atoms with Crippen LogP contribution < -0.4 is 16.8 Å². The van der Waals surface area contributed by atoms with Crippen LogP contribution in [0.2, 0.25) is 0 Å². The van der Waals surface area contributed by atoms with Gasteiger partial charge in [-0.15, -0.1) is 0 Å². The number of Topliss-reactive ketones (excluding diaryl/α,β-unsaturated/α-hetero) is 1. The average molecular weight is 1130 g/mol. The van der Waals surface area contributed by atoms with Gasteiger partial charge in [0.25, 0.3) is 0 Å². The van der Waals surface area contributed by atoms with E-state index in [-0.39, 0.29) is 88.6 Å². The molecule has 6 saturated heterocycles. The van der Waals surface area contributed by atoms with E-state index in [0.717, 1.165) is 38.8 Å². The molecule has 6 heterocycles. The van der Waals surface area contributed by atoms with Gasteiger partial charge in [0.15, 0.2) is 34.7 Å². The second-order valence-electron chi connectivity index (χ2n) is 23.0. The van der Waals surface area contributed by atoms with Crippen LogP contribution in [0.15, 0.2) is 0 Å². The average Bonchev–Trinajstić information content (AvgIpc) is 4.29. The Labute approximate surface area is 473 Å². The van der Waals surface area contributed by atoms with Crippen molar-refractivity contribution < 1.29 is 85.5 Å². The molecule has 0 aromatic heterocycles. The van der Waals surface area contributed by atoms with Gasteiger partial charge in [0.2, 0.25) is 5.91 Å². The Morgan fingerprint density at radius 1 is 0.456 bits per heavy atom. The number of ether oxygens (including phenoxy) is 14. The van der Waals surface area contributed by atoms with Crippen molar-refractivity contribution in [1.82, 2.24) is 5.32 Å². The minimum atomic E-state index is -1.13. The first-order valence-electron chi connectivity index (χ1n) is 29.3. The fraction of sp³-hybridized carbons (Fsp3) is 0.931. The van der Waals surface area contributed by atoms with Crippen molar-refractivity contribution in [3.05, 3.63) is 0 Å². The van der Waals surface area contributed by atoms with Crippen LogP contribution in [0.1, 0.15) is 206 Å². The summed E-state index contributed by atoms with van der Waals surface area (Å²) in [5.74, 6) is -5.84. The molecule has 6 aliphatic heterocycles. The third-order valence-corrected chi connectivity index (χ3v) is 14.2. The third kappa shape index (κ3) is 24.3. The first kappa shape index (κ1) is 70.8. The first-order chi connectivity index (χ1) is 36.8. The zero-order valence-electron chi connectivity index (χ0n) is 49.7. The highest BCUT2D eigenvalue weighted by molar-refractivity contribution is 5.76. The van der Waals surface area contributed by atoms with Crippen LogP contribution in [0, 0.1) is 0 Å². The molecule has 0 saturated carbocycles. The normalized spacial score (nSPS) is 29.6. The fourth-order valence-electron chi connectivity index (χ4n) is 10.4. The van der Waals surface area contributed by atoms with Crippen LogP contribution in [-0.2, 0) is 85.5 Å². The summed E-state index contributed by atoms with van der Waals surface area (Å²) in [5, 5.41) is 3.02. The van der Waals surface area contributed by atoms with Gasteiger partial charge >= 0.3 is 11.9 Å². The van der Waals surface area contributed by atoms with E-state index >= 15 is 0 Å². The van der Waals surface area contributed by atoms with E-state index in [9.17, 15) is 19.2 Å². The lowest BCUT2D eigenvalue weighted by Crippen LogP contribution is -2.46. The number of esters is 2. The summed E-state index contributed by atoms with van der Waals surface area (Å²) in [6.07, 6.45) is 10.7. The van der Waals surface area contributed by atoms with Gasteiger partial charge in [-0.3, -0.25) is 14.4 Å². The van der Waals surface area contributed by atoms with Gasteiger partial charge in [0.1, 0.15) is 54.6 Å². The summed E-state index contributed by atoms with van der Waals surface area (Å²) in [7, 11) is 0. The number of nitrogens with one attached hydrogen (secondary N) is 1. The summed E-state index contributed by atoms with van der Waals surface area (Å²) < 4.78 is 83.7. The molecule has 1 amide bonds. The lowest BCUT2D eigenvalue weighted by Gasteiger charge is -2.30. The van der Waals surface area contributed by atoms with E-state index in [2.05, 4.69) is 12.2 Å². The summed E-state index contributed by atoms with van der Waals surface area (Å²) >= 11 is 0. The Morgan fingerprint density at radius 2 is 0.810 bits per heavy atom. The van der Waals surface area contributed by atoms with Gasteiger partial charge in [0.05, 0.1) is 52.5 Å². The van der Waals surface area contributed by atoms with Crippen molar-refractivity contribution in [1.29, 1.82) is 0 Å². The highest BCUT2D eigenvalue weighted by Crippen LogP contribution is 2.44. The number of hydrogen-bond acceptors (Lipinski definition) is 20. The number of amides is 1. The van der Waals surface area contributed by atoms with Gasteiger partial charge in [-0.25, -0.2) is 0 Å². The Hall–Kier alpha value is -2.48. The van der Waals surface area contributed by atoms with E-state index < -0.39 is 71.3 Å². The number of rotatable bonds is 30. The molecule has 21 heteroatoms. The van der Waals surface area contributed by atoms with Crippen molar-refractivity contribution in [2.24, 2.45) is 11.5 Å². The molecule has 6 aliphatic rings. The second-order valence-corrected chi connectivity index (χ2v) is 23.0. The Morgan fingerprint density at radius 3 is 1.18 bits per heavy atom. The number of unbranched alkanes of at least 4 members (excludes halogenated alkanes) is 8. The Kier molecular flexibility index (Phi) is 30.2. The molecule has 9 atom stereocenters. The van der Waals surface area contributed by atoms with Crippen LogP contribution in [0.25, 0.3) is 0 Å². The molecule has 0 aromatic carbocycles. The molecule has 5 N–H and O–H groups in total. The van der Waals surface area contributed by atoms with E-state index in [1.165, 1.54) is 38.5 Å². The van der Waals surface area contributed by atoms with Crippen LogP contribution in [0.5, 0.6) is 0 Å². The molecule has 21 nitrogen and oxygen atoms in total. The molecule has 0 aromatic rings. The van der Waals surface area contributed by atoms with Gasteiger partial charge in [0, 0.05) is 45.1 Å². The van der Waals surface area contributed by atoms with E-state index in [0.29, 0.717) is 52.2 Å². The van der Waals surface area contributed by atoms with Gasteiger partial charge < -0.3 is 87.9 Å². The van der Waals surface area contributed by atoms with Crippen LogP contribution >= 0.6 is 0 Å². The lowest BCUT2D eigenvalue weighted by molar-refractivity contribution is -0.201. The minimum Gasteiger partial charge on any atom is -0.466 e. The molecular formula is C58H107N3O18. The van der Waals surface area contributed by atoms with Crippen molar-refractivity contribution in [3.8, 4) is 0 Å². The van der Waals surface area contributed by atoms with E-state index in [4.69, 9.17) is 77.8 Å². The van der Waals surface area contributed by atoms with Crippen molar-refractivity contribution in [3.63, 3.8) is 0 Å². The Balaban J connectivity index is 0.000000362. The van der Waals surface area contributed by atoms with Crippen LogP contribution in [0.3, 0.4) is 0 Å². The summed E-state index contributed by atoms with van der Waals surface area (Å²) in [6.45, 7) is 26.3. The first-order valence-corrected chi connectivity index (χ1v) is 29.3. The molecule has 462 valence electrons. The van der Waals surface area contributed by atoms with E-state index in [1.807, 2.05) is 55.4 Å². The number of nitrogens with two attached hydrogens (primary N) is 2. The fourth-order valence-corrected chi connectivity index (χ4v) is 10.4. The van der Waals surface area contributed by atoms with Crippen molar-refractivity contribution in [2.75, 3.05) is 59.3 Å². The standard InChI is InChI=1S/C28H49NO8.C23H38O10.C6H16N2.CH4/c1-7-8-9-10-11-12-17-29-23(31)14-16-28(15-13-20(2)30)33-19-22(35-28)25-24(36-27(5,6)37-25)21-18-32-26(3,4)34-21;1-7-26-17(24)9-11-23(12-10-18(25)27-8-2)29-14-16(31-23)20-19(32-22(5,6)33-20)15-13-28-21(3,4)30-15;7-5-3-1-2-4-6-8;/h21-22,24-25H,7-19H2,1-6H3,(H,29,31);15-16,19-20H,7-14H2,1-6H3;1-8H2;1H4/t21-,22+,24+,25+,28?;15-,16+,19+,20+;;/m00../s1. The zero-order chi connectivity index (χ0) is 57.6. The number of carbonyl (C=O) groups is 4. The van der Waals surface area contributed by atoms with Crippen molar-refractivity contribution >= 4 is 23.6 Å². The largest absolute Gasteiger partial charge is 0.466 e. The van der Waals surface area contributed by atoms with Gasteiger partial charge in [-0.05, 0) is 109 Å². The molecule has 1 unspecified atom stereocenters. The number of hydrogen-bond donors (Lipinski definition) is 3. The monoisotopic (exact) mass is 1130 g/mol.